The molecule has 18 heavy (non-hydrogen) atoms. The number of hydrogen-bond donors (Lipinski definition) is 0. The molecular formula is C15H18O3. The minimum Gasteiger partial charge on any atom is -0.496 e. The van der Waals surface area contributed by atoms with Gasteiger partial charge in [0.2, 0.25) is 0 Å². The van der Waals surface area contributed by atoms with E-state index >= 15 is 0 Å². The summed E-state index contributed by atoms with van der Waals surface area (Å²) in [4.78, 5) is 11.5. The zero-order valence-electron chi connectivity index (χ0n) is 11.3. The van der Waals surface area contributed by atoms with Gasteiger partial charge in [0.25, 0.3) is 0 Å². The van der Waals surface area contributed by atoms with Gasteiger partial charge in [-0.1, -0.05) is 0 Å². The Morgan fingerprint density at radius 2 is 2.00 bits per heavy atom. The Kier molecular flexibility index (Phi) is 3.41. The van der Waals surface area contributed by atoms with E-state index < -0.39 is 0 Å². The number of aryl methyl sites for hydroxylation is 1. The Balaban J connectivity index is 2.50. The monoisotopic (exact) mass is 246 g/mol. The van der Waals surface area contributed by atoms with Crippen molar-refractivity contribution >= 4 is 12.0 Å². The largest absolute Gasteiger partial charge is 0.496 e. The average molecular weight is 246 g/mol. The summed E-state index contributed by atoms with van der Waals surface area (Å²) >= 11 is 0. The standard InChI is InChI=1S/C15H18O3/c1-9-7-13(8-12-5-6-18-15(12)16)10(2)11(3)14(9)17-4/h7-8H,5-6H2,1-4H3/b12-8+. The van der Waals surface area contributed by atoms with Crippen molar-refractivity contribution in [2.45, 2.75) is 27.2 Å². The highest BCUT2D eigenvalue weighted by Gasteiger charge is 2.19. The lowest BCUT2D eigenvalue weighted by Crippen LogP contribution is -1.98. The van der Waals surface area contributed by atoms with Crippen LogP contribution in [0.25, 0.3) is 6.08 Å². The Bertz CT molecular complexity index is 527. The first-order valence-corrected chi connectivity index (χ1v) is 6.07. The van der Waals surface area contributed by atoms with E-state index in [-0.39, 0.29) is 5.97 Å². The molecular weight excluding hydrogens is 228 g/mol. The molecule has 0 aliphatic carbocycles. The highest BCUT2D eigenvalue weighted by molar-refractivity contribution is 5.95. The van der Waals surface area contributed by atoms with Crippen LogP contribution in [0, 0.1) is 20.8 Å². The van der Waals surface area contributed by atoms with Gasteiger partial charge in [-0.3, -0.25) is 0 Å². The fraction of sp³-hybridized carbons (Fsp3) is 0.400. The van der Waals surface area contributed by atoms with Crippen LogP contribution in [-0.4, -0.2) is 19.7 Å². The third-order valence-corrected chi connectivity index (χ3v) is 3.47. The Labute approximate surface area is 107 Å². The van der Waals surface area contributed by atoms with E-state index in [1.165, 1.54) is 0 Å². The number of benzene rings is 1. The van der Waals surface area contributed by atoms with Gasteiger partial charge in [-0.15, -0.1) is 0 Å². The predicted octanol–water partition coefficient (Wildman–Crippen LogP) is 2.95. The number of ether oxygens (including phenoxy) is 2. The minimum atomic E-state index is -0.194. The number of carbonyl (C=O) groups excluding carboxylic acids is 1. The number of rotatable bonds is 2. The average Bonchev–Trinajstić information content (AvgIpc) is 2.72. The molecule has 0 saturated carbocycles. The number of cyclic esters (lactones) is 1. The van der Waals surface area contributed by atoms with Gasteiger partial charge in [-0.2, -0.15) is 0 Å². The summed E-state index contributed by atoms with van der Waals surface area (Å²) in [5.74, 6) is 0.726. The van der Waals surface area contributed by atoms with Crippen molar-refractivity contribution in [1.29, 1.82) is 0 Å². The van der Waals surface area contributed by atoms with E-state index in [0.717, 1.165) is 33.6 Å². The summed E-state index contributed by atoms with van der Waals surface area (Å²) < 4.78 is 10.3. The van der Waals surface area contributed by atoms with Crippen molar-refractivity contribution in [3.05, 3.63) is 33.9 Å². The summed E-state index contributed by atoms with van der Waals surface area (Å²) in [7, 11) is 1.68. The molecule has 1 aliphatic heterocycles. The Hall–Kier alpha value is -1.77. The van der Waals surface area contributed by atoms with Crippen molar-refractivity contribution in [3.63, 3.8) is 0 Å². The zero-order chi connectivity index (χ0) is 13.3. The molecule has 0 unspecified atom stereocenters. The van der Waals surface area contributed by atoms with E-state index in [4.69, 9.17) is 9.47 Å². The van der Waals surface area contributed by atoms with E-state index in [2.05, 4.69) is 6.07 Å². The summed E-state index contributed by atoms with van der Waals surface area (Å²) in [5.41, 5.74) is 5.17. The third kappa shape index (κ3) is 2.13. The van der Waals surface area contributed by atoms with Crippen molar-refractivity contribution in [1.82, 2.24) is 0 Å². The van der Waals surface area contributed by atoms with Gasteiger partial charge in [0.15, 0.2) is 0 Å². The van der Waals surface area contributed by atoms with Gasteiger partial charge in [0.1, 0.15) is 5.75 Å². The van der Waals surface area contributed by atoms with E-state index in [1.54, 1.807) is 7.11 Å². The van der Waals surface area contributed by atoms with Gasteiger partial charge >= 0.3 is 5.97 Å². The van der Waals surface area contributed by atoms with Gasteiger partial charge in [0, 0.05) is 12.0 Å². The Morgan fingerprint density at radius 1 is 1.28 bits per heavy atom. The highest BCUT2D eigenvalue weighted by Crippen LogP contribution is 2.30. The van der Waals surface area contributed by atoms with Gasteiger partial charge < -0.3 is 9.47 Å². The van der Waals surface area contributed by atoms with Gasteiger partial charge in [0.05, 0.1) is 13.7 Å². The van der Waals surface area contributed by atoms with Crippen molar-refractivity contribution in [3.8, 4) is 5.75 Å². The van der Waals surface area contributed by atoms with Crippen LogP contribution in [0.3, 0.4) is 0 Å². The van der Waals surface area contributed by atoms with E-state index in [1.807, 2.05) is 26.8 Å². The molecule has 3 heteroatoms. The molecule has 96 valence electrons. The lowest BCUT2D eigenvalue weighted by atomic mass is 9.97. The molecule has 0 aromatic heterocycles. The molecule has 0 spiro atoms. The van der Waals surface area contributed by atoms with Crippen LogP contribution in [0.2, 0.25) is 0 Å². The van der Waals surface area contributed by atoms with Crippen molar-refractivity contribution in [2.24, 2.45) is 0 Å². The smallest absolute Gasteiger partial charge is 0.334 e. The highest BCUT2D eigenvalue weighted by atomic mass is 16.5. The number of esters is 1. The number of hydrogen-bond acceptors (Lipinski definition) is 3. The molecule has 1 fully saturated rings. The summed E-state index contributed by atoms with van der Waals surface area (Å²) in [6.07, 6.45) is 2.63. The van der Waals surface area contributed by atoms with Crippen LogP contribution in [0.1, 0.15) is 28.7 Å². The van der Waals surface area contributed by atoms with E-state index in [0.29, 0.717) is 13.0 Å². The maximum atomic E-state index is 11.5. The second kappa shape index (κ2) is 4.84. The van der Waals surface area contributed by atoms with Gasteiger partial charge in [-0.25, -0.2) is 4.79 Å². The fourth-order valence-corrected chi connectivity index (χ4v) is 2.32. The van der Waals surface area contributed by atoms with Crippen LogP contribution in [0.5, 0.6) is 5.75 Å². The maximum absolute atomic E-state index is 11.5. The molecule has 0 bridgehead atoms. The summed E-state index contributed by atoms with van der Waals surface area (Å²) in [5, 5.41) is 0. The molecule has 2 rings (SSSR count). The van der Waals surface area contributed by atoms with Crippen LogP contribution in [-0.2, 0) is 9.53 Å². The lowest BCUT2D eigenvalue weighted by Gasteiger charge is -2.14. The predicted molar refractivity (Wildman–Crippen MR) is 70.8 cm³/mol. The SMILES string of the molecule is COc1c(C)cc(/C=C2\CCOC2=O)c(C)c1C. The maximum Gasteiger partial charge on any atom is 0.334 e. The topological polar surface area (TPSA) is 35.5 Å². The fourth-order valence-electron chi connectivity index (χ4n) is 2.32. The van der Waals surface area contributed by atoms with Crippen molar-refractivity contribution < 1.29 is 14.3 Å². The number of methoxy groups -OCH3 is 1. The molecule has 3 nitrogen and oxygen atoms in total. The molecule has 1 heterocycles. The summed E-state index contributed by atoms with van der Waals surface area (Å²) in [6, 6.07) is 2.06. The quantitative estimate of drug-likeness (QED) is 0.594. The second-order valence-electron chi connectivity index (χ2n) is 4.62. The van der Waals surface area contributed by atoms with Crippen LogP contribution >= 0.6 is 0 Å². The second-order valence-corrected chi connectivity index (χ2v) is 4.62. The molecule has 1 saturated heterocycles. The molecule has 0 N–H and O–H groups in total. The molecule has 1 aliphatic rings. The first-order chi connectivity index (χ1) is 8.54. The first-order valence-electron chi connectivity index (χ1n) is 6.07. The lowest BCUT2D eigenvalue weighted by molar-refractivity contribution is -0.134. The number of carbonyl (C=O) groups is 1. The van der Waals surface area contributed by atoms with Crippen LogP contribution in [0.15, 0.2) is 11.6 Å². The molecule has 0 radical (unpaired) electrons. The van der Waals surface area contributed by atoms with E-state index in [9.17, 15) is 4.79 Å². The molecule has 0 amide bonds. The molecule has 1 aromatic rings. The zero-order valence-corrected chi connectivity index (χ0v) is 11.3. The Morgan fingerprint density at radius 3 is 2.56 bits per heavy atom. The minimum absolute atomic E-state index is 0.194. The first kappa shape index (κ1) is 12.7. The van der Waals surface area contributed by atoms with Crippen LogP contribution in [0.4, 0.5) is 0 Å². The molecule has 1 aromatic carbocycles. The van der Waals surface area contributed by atoms with Crippen LogP contribution < -0.4 is 4.74 Å². The van der Waals surface area contributed by atoms with Crippen molar-refractivity contribution in [2.75, 3.05) is 13.7 Å². The normalized spacial score (nSPS) is 17.1. The van der Waals surface area contributed by atoms with Gasteiger partial charge in [-0.05, 0) is 55.2 Å². The third-order valence-electron chi connectivity index (χ3n) is 3.47. The summed E-state index contributed by atoms with van der Waals surface area (Å²) in [6.45, 7) is 6.60. The molecule has 0 atom stereocenters.